The molecule has 0 spiro atoms. The fraction of sp³-hybridized carbons (Fsp3) is 0.609. The number of aryl methyl sites for hydroxylation is 1. The van der Waals surface area contributed by atoms with Gasteiger partial charge in [-0.15, -0.1) is 0 Å². The van der Waals surface area contributed by atoms with E-state index < -0.39 is 0 Å². The van der Waals surface area contributed by atoms with Crippen LogP contribution in [0.5, 0.6) is 5.75 Å². The zero-order valence-electron chi connectivity index (χ0n) is 17.0. The van der Waals surface area contributed by atoms with E-state index in [1.165, 1.54) is 45.2 Å². The molecule has 4 aliphatic rings. The lowest BCUT2D eigenvalue weighted by molar-refractivity contribution is 0.0712. The van der Waals surface area contributed by atoms with Crippen molar-refractivity contribution < 1.29 is 9.53 Å². The Balaban J connectivity index is 1.38. The molecule has 4 fully saturated rings. The van der Waals surface area contributed by atoms with Crippen LogP contribution in [0.4, 0.5) is 0 Å². The number of fused-ring (bicyclic) bond motifs is 5. The van der Waals surface area contributed by atoms with Crippen LogP contribution in [0.15, 0.2) is 18.2 Å². The second-order valence-electron chi connectivity index (χ2n) is 9.09. The number of aromatic amines is 1. The van der Waals surface area contributed by atoms with Gasteiger partial charge in [0.1, 0.15) is 11.4 Å². The number of rotatable bonds is 4. The number of nitrogens with one attached hydrogen (secondary N) is 1. The van der Waals surface area contributed by atoms with Crippen molar-refractivity contribution in [3.8, 4) is 5.75 Å². The molecule has 1 aromatic heterocycles. The predicted octanol–water partition coefficient (Wildman–Crippen LogP) is 3.82. The van der Waals surface area contributed by atoms with Crippen LogP contribution >= 0.6 is 0 Å². The van der Waals surface area contributed by atoms with E-state index in [-0.39, 0.29) is 5.91 Å². The Morgan fingerprint density at radius 3 is 2.79 bits per heavy atom. The van der Waals surface area contributed by atoms with Gasteiger partial charge in [0.2, 0.25) is 0 Å². The number of H-pyrrole nitrogens is 1. The molecule has 1 aromatic carbocycles. The van der Waals surface area contributed by atoms with Crippen LogP contribution in [-0.4, -0.2) is 60.0 Å². The summed E-state index contributed by atoms with van der Waals surface area (Å²) in [6.45, 7) is 6.23. The van der Waals surface area contributed by atoms with Crippen LogP contribution in [0.2, 0.25) is 0 Å². The van der Waals surface area contributed by atoms with Gasteiger partial charge < -0.3 is 14.6 Å². The quantitative estimate of drug-likeness (QED) is 0.876. The first kappa shape index (κ1) is 18.0. The van der Waals surface area contributed by atoms with Crippen LogP contribution in [0.3, 0.4) is 0 Å². The second-order valence-corrected chi connectivity index (χ2v) is 9.09. The Hall–Kier alpha value is -2.01. The zero-order valence-corrected chi connectivity index (χ0v) is 17.0. The van der Waals surface area contributed by atoms with Gasteiger partial charge in [0.25, 0.3) is 5.91 Å². The number of methoxy groups -OCH3 is 1. The lowest BCUT2D eigenvalue weighted by Crippen LogP contribution is -2.47. The molecule has 1 saturated carbocycles. The molecule has 2 bridgehead atoms. The summed E-state index contributed by atoms with van der Waals surface area (Å²) in [4.78, 5) is 21.7. The first-order valence-electron chi connectivity index (χ1n) is 10.8. The van der Waals surface area contributed by atoms with Crippen molar-refractivity contribution in [2.24, 2.45) is 11.8 Å². The third kappa shape index (κ3) is 3.10. The van der Waals surface area contributed by atoms with E-state index in [1.807, 2.05) is 25.1 Å². The summed E-state index contributed by atoms with van der Waals surface area (Å²) in [6.07, 6.45) is 6.70. The Labute approximate surface area is 167 Å². The first-order valence-corrected chi connectivity index (χ1v) is 10.8. The maximum atomic E-state index is 13.5. The van der Waals surface area contributed by atoms with Crippen molar-refractivity contribution in [1.29, 1.82) is 0 Å². The molecular weight excluding hydrogens is 350 g/mol. The zero-order chi connectivity index (χ0) is 19.3. The molecule has 1 N–H and O–H groups in total. The van der Waals surface area contributed by atoms with Crippen LogP contribution < -0.4 is 4.74 Å². The van der Waals surface area contributed by atoms with Crippen LogP contribution in [0.25, 0.3) is 10.9 Å². The van der Waals surface area contributed by atoms with Crippen molar-refractivity contribution in [3.63, 3.8) is 0 Å². The van der Waals surface area contributed by atoms with E-state index in [0.717, 1.165) is 46.9 Å². The number of hydrogen-bond acceptors (Lipinski definition) is 3. The number of carbonyl (C=O) groups excluding carboxylic acids is 1. The van der Waals surface area contributed by atoms with Crippen LogP contribution in [-0.2, 0) is 0 Å². The van der Waals surface area contributed by atoms with E-state index in [0.29, 0.717) is 12.0 Å². The fourth-order valence-electron chi connectivity index (χ4n) is 5.38. The fourth-order valence-corrected chi connectivity index (χ4v) is 5.38. The monoisotopic (exact) mass is 381 g/mol. The molecule has 6 rings (SSSR count). The third-order valence-electron chi connectivity index (χ3n) is 7.31. The minimum Gasteiger partial charge on any atom is -0.497 e. The van der Waals surface area contributed by atoms with E-state index in [4.69, 9.17) is 4.74 Å². The predicted molar refractivity (Wildman–Crippen MR) is 111 cm³/mol. The highest BCUT2D eigenvalue weighted by Gasteiger charge is 2.38. The SMILES string of the molecule is COc1ccc2[nH]c(C(=O)N3C[C@H]4CC[C@@H](C3)N(CC3CCC3)C4)c(C)c2c1. The summed E-state index contributed by atoms with van der Waals surface area (Å²) in [5, 5.41) is 1.08. The first-order chi connectivity index (χ1) is 13.6. The van der Waals surface area contributed by atoms with Gasteiger partial charge in [0.15, 0.2) is 0 Å². The number of carbonyl (C=O) groups is 1. The van der Waals surface area contributed by atoms with Gasteiger partial charge in [-0.25, -0.2) is 0 Å². The normalized spacial score (nSPS) is 25.7. The number of ether oxygens (including phenoxy) is 1. The molecule has 2 atom stereocenters. The maximum absolute atomic E-state index is 13.5. The average Bonchev–Trinajstić information content (AvgIpc) is 2.83. The number of benzene rings is 1. The maximum Gasteiger partial charge on any atom is 0.270 e. The second kappa shape index (κ2) is 7.11. The molecule has 150 valence electrons. The van der Waals surface area contributed by atoms with Crippen molar-refractivity contribution in [2.75, 3.05) is 33.3 Å². The summed E-state index contributed by atoms with van der Waals surface area (Å²) in [5.74, 6) is 2.50. The van der Waals surface area contributed by atoms with Crippen molar-refractivity contribution in [3.05, 3.63) is 29.5 Å². The van der Waals surface area contributed by atoms with Gasteiger partial charge in [-0.2, -0.15) is 0 Å². The largest absolute Gasteiger partial charge is 0.497 e. The van der Waals surface area contributed by atoms with E-state index in [9.17, 15) is 4.79 Å². The Bertz CT molecular complexity index is 885. The molecule has 0 unspecified atom stereocenters. The number of nitrogens with zero attached hydrogens (tertiary/aromatic N) is 2. The van der Waals surface area contributed by atoms with Gasteiger partial charge in [0.05, 0.1) is 7.11 Å². The summed E-state index contributed by atoms with van der Waals surface area (Å²) in [6, 6.07) is 6.50. The van der Waals surface area contributed by atoms with Crippen molar-refractivity contribution in [1.82, 2.24) is 14.8 Å². The van der Waals surface area contributed by atoms with E-state index in [2.05, 4.69) is 14.8 Å². The molecule has 2 aromatic rings. The smallest absolute Gasteiger partial charge is 0.270 e. The van der Waals surface area contributed by atoms with Gasteiger partial charge in [0, 0.05) is 43.1 Å². The molecule has 4 heterocycles. The number of piperidine rings is 1. The summed E-state index contributed by atoms with van der Waals surface area (Å²) in [5.41, 5.74) is 2.78. The highest BCUT2D eigenvalue weighted by molar-refractivity contribution is 6.01. The third-order valence-corrected chi connectivity index (χ3v) is 7.31. The van der Waals surface area contributed by atoms with Crippen LogP contribution in [0, 0.1) is 18.8 Å². The highest BCUT2D eigenvalue weighted by Crippen LogP contribution is 2.34. The van der Waals surface area contributed by atoms with Crippen molar-refractivity contribution in [2.45, 2.75) is 45.1 Å². The standard InChI is InChI=1S/C23H31N3O2/c1-15-20-10-19(28-2)8-9-21(20)24-22(15)23(27)26-13-17-6-7-18(14-26)25(12-17)11-16-4-3-5-16/h8-10,16-18,24H,3-7,11-14H2,1-2H3/t17-,18-/m0/s1. The van der Waals surface area contributed by atoms with Gasteiger partial charge in [-0.1, -0.05) is 6.42 Å². The summed E-state index contributed by atoms with van der Waals surface area (Å²) in [7, 11) is 1.68. The molecular formula is C23H31N3O2. The number of aromatic nitrogens is 1. The lowest BCUT2D eigenvalue weighted by Gasteiger charge is -2.40. The molecule has 28 heavy (non-hydrogen) atoms. The van der Waals surface area contributed by atoms with Crippen LogP contribution in [0.1, 0.15) is 48.2 Å². The Morgan fingerprint density at radius 1 is 1.18 bits per heavy atom. The molecule has 5 heteroatoms. The summed E-state index contributed by atoms with van der Waals surface area (Å²) < 4.78 is 5.36. The molecule has 3 aliphatic heterocycles. The molecule has 5 nitrogen and oxygen atoms in total. The van der Waals surface area contributed by atoms with E-state index in [1.54, 1.807) is 7.11 Å². The highest BCUT2D eigenvalue weighted by atomic mass is 16.5. The van der Waals surface area contributed by atoms with Crippen molar-refractivity contribution >= 4 is 16.8 Å². The van der Waals surface area contributed by atoms with Gasteiger partial charge >= 0.3 is 0 Å². The van der Waals surface area contributed by atoms with Gasteiger partial charge in [-0.05, 0) is 68.2 Å². The Kier molecular flexibility index (Phi) is 4.58. The average molecular weight is 382 g/mol. The topological polar surface area (TPSA) is 48.6 Å². The molecule has 0 radical (unpaired) electrons. The number of hydrogen-bond donors (Lipinski definition) is 1. The Morgan fingerprint density at radius 2 is 2.04 bits per heavy atom. The lowest BCUT2D eigenvalue weighted by atomic mass is 9.83. The molecule has 3 saturated heterocycles. The van der Waals surface area contributed by atoms with E-state index >= 15 is 0 Å². The molecule has 1 amide bonds. The number of amides is 1. The van der Waals surface area contributed by atoms with Gasteiger partial charge in [-0.3, -0.25) is 9.69 Å². The minimum absolute atomic E-state index is 0.162. The minimum atomic E-state index is 0.162. The summed E-state index contributed by atoms with van der Waals surface area (Å²) >= 11 is 0. The molecule has 1 aliphatic carbocycles.